The van der Waals surface area contributed by atoms with E-state index in [2.05, 4.69) is 23.3 Å². The van der Waals surface area contributed by atoms with E-state index in [0.29, 0.717) is 19.8 Å². The first-order valence-corrected chi connectivity index (χ1v) is 8.51. The van der Waals surface area contributed by atoms with E-state index in [1.54, 1.807) is 23.1 Å². The fourth-order valence-corrected chi connectivity index (χ4v) is 3.84. The van der Waals surface area contributed by atoms with E-state index in [-0.39, 0.29) is 0 Å². The van der Waals surface area contributed by atoms with Crippen LogP contribution in [0.25, 0.3) is 0 Å². The van der Waals surface area contributed by atoms with Crippen molar-refractivity contribution in [2.24, 2.45) is 5.73 Å². The first-order chi connectivity index (χ1) is 10.4. The lowest BCUT2D eigenvalue weighted by atomic mass is 10.3. The minimum atomic E-state index is 0.393. The zero-order valence-corrected chi connectivity index (χ0v) is 13.1. The van der Waals surface area contributed by atoms with Crippen LogP contribution in [0.15, 0.2) is 34.5 Å². The minimum absolute atomic E-state index is 0.393. The summed E-state index contributed by atoms with van der Waals surface area (Å²) in [6.07, 6.45) is 0. The average Bonchev–Trinajstić information content (AvgIpc) is 2.98. The van der Waals surface area contributed by atoms with Crippen molar-refractivity contribution in [3.63, 3.8) is 0 Å². The Bertz CT molecular complexity index is 685. The number of hydrogen-bond donors (Lipinski definition) is 1. The number of rotatable bonds is 3. The molecule has 108 valence electrons. The molecule has 1 aromatic heterocycles. The summed E-state index contributed by atoms with van der Waals surface area (Å²) in [7, 11) is 0. The summed E-state index contributed by atoms with van der Waals surface area (Å²) in [4.78, 5) is 2.45. The van der Waals surface area contributed by atoms with Crippen LogP contribution < -0.4 is 15.2 Å². The molecule has 0 saturated heterocycles. The van der Waals surface area contributed by atoms with E-state index < -0.39 is 0 Å². The number of hydrogen-bond acceptors (Lipinski definition) is 5. The number of nitrogens with two attached hydrogens (primary N) is 1. The van der Waals surface area contributed by atoms with Gasteiger partial charge in [-0.1, -0.05) is 11.8 Å². The summed E-state index contributed by atoms with van der Waals surface area (Å²) in [5.74, 6) is 8.58. The maximum Gasteiger partial charge on any atom is 0.162 e. The molecule has 2 aromatic rings. The Morgan fingerprint density at radius 2 is 2.05 bits per heavy atom. The van der Waals surface area contributed by atoms with Crippen LogP contribution in [0.3, 0.4) is 0 Å². The van der Waals surface area contributed by atoms with Crippen LogP contribution in [0.1, 0.15) is 10.4 Å². The van der Waals surface area contributed by atoms with E-state index in [1.165, 1.54) is 9.77 Å². The van der Waals surface area contributed by atoms with Crippen LogP contribution >= 0.6 is 23.1 Å². The Balaban J connectivity index is 1.69. The van der Waals surface area contributed by atoms with Gasteiger partial charge in [-0.2, -0.15) is 0 Å². The second-order valence-corrected chi connectivity index (χ2v) is 6.41. The van der Waals surface area contributed by atoms with Gasteiger partial charge in [0.1, 0.15) is 13.2 Å². The monoisotopic (exact) mass is 317 g/mol. The predicted molar refractivity (Wildman–Crippen MR) is 87.2 cm³/mol. The minimum Gasteiger partial charge on any atom is -0.486 e. The average molecular weight is 317 g/mol. The second kappa shape index (κ2) is 6.90. The summed E-state index contributed by atoms with van der Waals surface area (Å²) in [5.41, 5.74) is 6.50. The van der Waals surface area contributed by atoms with Crippen LogP contribution in [0.5, 0.6) is 11.5 Å². The summed E-state index contributed by atoms with van der Waals surface area (Å²) < 4.78 is 11.1. The molecule has 2 heterocycles. The first-order valence-electron chi connectivity index (χ1n) is 6.64. The normalized spacial score (nSPS) is 12.6. The van der Waals surface area contributed by atoms with Crippen molar-refractivity contribution < 1.29 is 9.47 Å². The summed E-state index contributed by atoms with van der Waals surface area (Å²) in [6.45, 7) is 1.63. The van der Waals surface area contributed by atoms with Gasteiger partial charge in [-0.15, -0.1) is 23.1 Å². The molecule has 0 bridgehead atoms. The van der Waals surface area contributed by atoms with Crippen molar-refractivity contribution in [1.29, 1.82) is 0 Å². The van der Waals surface area contributed by atoms with Gasteiger partial charge in [0.2, 0.25) is 0 Å². The molecular formula is C16H15NO2S2. The number of ether oxygens (including phenoxy) is 2. The molecule has 5 heteroatoms. The van der Waals surface area contributed by atoms with Crippen molar-refractivity contribution in [3.8, 4) is 23.3 Å². The highest BCUT2D eigenvalue weighted by atomic mass is 32.2. The Kier molecular flexibility index (Phi) is 4.71. The number of fused-ring (bicyclic) bond motifs is 1. The Morgan fingerprint density at radius 1 is 1.19 bits per heavy atom. The van der Waals surface area contributed by atoms with Crippen molar-refractivity contribution in [3.05, 3.63) is 40.1 Å². The lowest BCUT2D eigenvalue weighted by Crippen LogP contribution is -2.15. The maximum atomic E-state index is 5.61. The predicted octanol–water partition coefficient (Wildman–Crippen LogP) is 3.12. The molecule has 1 aliphatic rings. The van der Waals surface area contributed by atoms with Gasteiger partial charge in [-0.05, 0) is 29.6 Å². The van der Waals surface area contributed by atoms with E-state index in [0.717, 1.165) is 22.8 Å². The lowest BCUT2D eigenvalue weighted by Gasteiger charge is -2.18. The molecule has 3 rings (SSSR count). The van der Waals surface area contributed by atoms with Crippen LogP contribution in [0.2, 0.25) is 0 Å². The van der Waals surface area contributed by atoms with Crippen molar-refractivity contribution >= 4 is 23.1 Å². The molecular weight excluding hydrogens is 302 g/mol. The van der Waals surface area contributed by atoms with E-state index in [4.69, 9.17) is 15.2 Å². The summed E-state index contributed by atoms with van der Waals surface area (Å²) >= 11 is 3.50. The standard InChI is InChI=1S/C16H15NO2S2/c17-6-1-2-12-5-9-20-16(12)11-21-13-3-4-14-15(10-13)19-8-7-18-14/h3-5,9-10H,6-8,11,17H2. The summed E-state index contributed by atoms with van der Waals surface area (Å²) in [5, 5.41) is 2.07. The van der Waals surface area contributed by atoms with Gasteiger partial charge in [0.05, 0.1) is 6.54 Å². The molecule has 1 aliphatic heterocycles. The molecule has 0 spiro atoms. The topological polar surface area (TPSA) is 44.5 Å². The fraction of sp³-hybridized carbons (Fsp3) is 0.250. The van der Waals surface area contributed by atoms with Gasteiger partial charge in [0.15, 0.2) is 11.5 Å². The highest BCUT2D eigenvalue weighted by molar-refractivity contribution is 7.98. The van der Waals surface area contributed by atoms with Crippen LogP contribution in [-0.4, -0.2) is 19.8 Å². The van der Waals surface area contributed by atoms with Crippen molar-refractivity contribution in [2.75, 3.05) is 19.8 Å². The Labute approximate surface area is 132 Å². The second-order valence-electron chi connectivity index (χ2n) is 4.36. The van der Waals surface area contributed by atoms with Gasteiger partial charge in [-0.3, -0.25) is 0 Å². The third kappa shape index (κ3) is 3.53. The van der Waals surface area contributed by atoms with Crippen LogP contribution in [-0.2, 0) is 5.75 Å². The van der Waals surface area contributed by atoms with Crippen molar-refractivity contribution in [2.45, 2.75) is 10.6 Å². The zero-order valence-electron chi connectivity index (χ0n) is 11.4. The molecule has 0 fully saturated rings. The molecule has 0 amide bonds. The largest absolute Gasteiger partial charge is 0.486 e. The SMILES string of the molecule is NCC#Cc1ccsc1CSc1ccc2c(c1)OCCO2. The molecule has 0 radical (unpaired) electrons. The van der Waals surface area contributed by atoms with Gasteiger partial charge in [0.25, 0.3) is 0 Å². The zero-order chi connectivity index (χ0) is 14.5. The van der Waals surface area contributed by atoms with Gasteiger partial charge >= 0.3 is 0 Å². The molecule has 0 saturated carbocycles. The van der Waals surface area contributed by atoms with Gasteiger partial charge in [0, 0.05) is 21.1 Å². The van der Waals surface area contributed by atoms with E-state index in [1.807, 2.05) is 18.2 Å². The van der Waals surface area contributed by atoms with E-state index >= 15 is 0 Å². The van der Waals surface area contributed by atoms with Crippen LogP contribution in [0.4, 0.5) is 0 Å². The van der Waals surface area contributed by atoms with Gasteiger partial charge < -0.3 is 15.2 Å². The molecule has 3 nitrogen and oxygen atoms in total. The van der Waals surface area contributed by atoms with Crippen LogP contribution in [0, 0.1) is 11.8 Å². The van der Waals surface area contributed by atoms with Gasteiger partial charge in [-0.25, -0.2) is 0 Å². The first kappa shape index (κ1) is 14.3. The lowest BCUT2D eigenvalue weighted by molar-refractivity contribution is 0.171. The third-order valence-corrected chi connectivity index (χ3v) is 5.08. The van der Waals surface area contributed by atoms with E-state index in [9.17, 15) is 0 Å². The number of thiophene rings is 1. The highest BCUT2D eigenvalue weighted by Gasteiger charge is 2.12. The smallest absolute Gasteiger partial charge is 0.162 e. The quantitative estimate of drug-likeness (QED) is 0.698. The number of benzene rings is 1. The molecule has 0 unspecified atom stereocenters. The highest BCUT2D eigenvalue weighted by Crippen LogP contribution is 2.36. The molecule has 0 atom stereocenters. The number of thioether (sulfide) groups is 1. The molecule has 0 aliphatic carbocycles. The fourth-order valence-electron chi connectivity index (χ4n) is 1.97. The Hall–Kier alpha value is -1.61. The molecule has 21 heavy (non-hydrogen) atoms. The third-order valence-electron chi connectivity index (χ3n) is 2.95. The van der Waals surface area contributed by atoms with Crippen molar-refractivity contribution in [1.82, 2.24) is 0 Å². The Morgan fingerprint density at radius 3 is 2.90 bits per heavy atom. The summed E-state index contributed by atoms with van der Waals surface area (Å²) in [6, 6.07) is 8.13. The maximum absolute atomic E-state index is 5.61. The molecule has 2 N–H and O–H groups in total. The molecule has 1 aromatic carbocycles.